The number of hydrogen-bond donors (Lipinski definition) is 3. The summed E-state index contributed by atoms with van der Waals surface area (Å²) in [5.41, 5.74) is 3.03. The molecule has 0 spiro atoms. The minimum absolute atomic E-state index is 0.0401. The van der Waals surface area contributed by atoms with Crippen LogP contribution in [0.3, 0.4) is 0 Å². The monoisotopic (exact) mass is 412 g/mol. The smallest absolute Gasteiger partial charge is 0.143 e. The van der Waals surface area contributed by atoms with Crippen molar-refractivity contribution in [3.63, 3.8) is 0 Å². The Morgan fingerprint density at radius 1 is 1.20 bits per heavy atom. The van der Waals surface area contributed by atoms with Crippen LogP contribution in [0.25, 0.3) is 11.0 Å². The van der Waals surface area contributed by atoms with Crippen LogP contribution in [0.2, 0.25) is 0 Å². The standard InChI is InChI=1S/C22H25FN4O3/c1-11-8-24-9-14-17(4-3-15(23)19(11)14)30-18-7-16(20(28)21(18)29)27-6-5-13-12(2)25-10-26-22(13)27/h3-6,10-11,16,18,20-21,24,28-29H,7-9H2,1-2H3/t11-,16-,18+,20+,21-/m1/s1. The predicted octanol–water partition coefficient (Wildman–Crippen LogP) is 2.20. The van der Waals surface area contributed by atoms with Crippen LogP contribution in [0.15, 0.2) is 30.7 Å². The molecule has 158 valence electrons. The van der Waals surface area contributed by atoms with E-state index < -0.39 is 18.3 Å². The Hall–Kier alpha value is -2.55. The van der Waals surface area contributed by atoms with Gasteiger partial charge in [0.15, 0.2) is 0 Å². The van der Waals surface area contributed by atoms with E-state index in [9.17, 15) is 14.6 Å². The number of ether oxygens (including phenoxy) is 1. The average molecular weight is 412 g/mol. The maximum atomic E-state index is 14.4. The van der Waals surface area contributed by atoms with Crippen molar-refractivity contribution in [3.8, 4) is 5.75 Å². The highest BCUT2D eigenvalue weighted by atomic mass is 19.1. The average Bonchev–Trinajstić information content (AvgIpc) is 3.27. The van der Waals surface area contributed by atoms with E-state index in [0.29, 0.717) is 30.8 Å². The zero-order valence-corrected chi connectivity index (χ0v) is 16.9. The normalized spacial score (nSPS) is 28.6. The van der Waals surface area contributed by atoms with Crippen LogP contribution in [-0.4, -0.2) is 49.6 Å². The van der Waals surface area contributed by atoms with Crippen LogP contribution in [0.1, 0.15) is 42.1 Å². The summed E-state index contributed by atoms with van der Waals surface area (Å²) in [7, 11) is 0. The molecular weight excluding hydrogens is 387 g/mol. The minimum atomic E-state index is -1.06. The molecule has 5 rings (SSSR count). The van der Waals surface area contributed by atoms with Gasteiger partial charge in [-0.1, -0.05) is 6.92 Å². The molecule has 7 nitrogen and oxygen atoms in total. The highest BCUT2D eigenvalue weighted by molar-refractivity contribution is 5.78. The molecule has 2 aromatic heterocycles. The lowest BCUT2D eigenvalue weighted by molar-refractivity contribution is -0.0166. The molecule has 30 heavy (non-hydrogen) atoms. The van der Waals surface area contributed by atoms with E-state index >= 15 is 0 Å². The van der Waals surface area contributed by atoms with Gasteiger partial charge in [0, 0.05) is 42.2 Å². The van der Waals surface area contributed by atoms with Gasteiger partial charge in [0.05, 0.1) is 11.7 Å². The minimum Gasteiger partial charge on any atom is -0.487 e. The SMILES string of the molecule is Cc1ncnc2c1ccn2[C@@H]1C[C@H](Oc2ccc(F)c3c2CNC[C@H]3C)[C@@H](O)[C@H]1O. The van der Waals surface area contributed by atoms with E-state index in [2.05, 4.69) is 15.3 Å². The molecule has 3 heterocycles. The fourth-order valence-electron chi connectivity index (χ4n) is 4.85. The first-order chi connectivity index (χ1) is 14.5. The van der Waals surface area contributed by atoms with Crippen molar-refractivity contribution in [3.05, 3.63) is 53.4 Å². The molecule has 3 N–H and O–H groups in total. The van der Waals surface area contributed by atoms with E-state index in [1.807, 2.05) is 30.7 Å². The lowest BCUT2D eigenvalue weighted by atomic mass is 9.91. The van der Waals surface area contributed by atoms with Crippen LogP contribution in [0, 0.1) is 12.7 Å². The second-order valence-corrected chi connectivity index (χ2v) is 8.33. The summed E-state index contributed by atoms with van der Waals surface area (Å²) in [6, 6.07) is 4.57. The van der Waals surface area contributed by atoms with E-state index in [-0.39, 0.29) is 17.8 Å². The van der Waals surface area contributed by atoms with Crippen molar-refractivity contribution in [2.45, 2.75) is 57.1 Å². The molecule has 2 aliphatic rings. The summed E-state index contributed by atoms with van der Waals surface area (Å²) in [5, 5.41) is 25.7. The number of aryl methyl sites for hydroxylation is 1. The summed E-state index contributed by atoms with van der Waals surface area (Å²) in [4.78, 5) is 8.57. The van der Waals surface area contributed by atoms with Crippen molar-refractivity contribution < 1.29 is 19.3 Å². The van der Waals surface area contributed by atoms with Gasteiger partial charge in [0.25, 0.3) is 0 Å². The highest BCUT2D eigenvalue weighted by Crippen LogP contribution is 2.39. The Kier molecular flexibility index (Phi) is 4.72. The molecule has 8 heteroatoms. The molecule has 1 aromatic carbocycles. The van der Waals surface area contributed by atoms with Gasteiger partial charge >= 0.3 is 0 Å². The molecule has 1 aliphatic carbocycles. The number of benzene rings is 1. The van der Waals surface area contributed by atoms with Gasteiger partial charge < -0.3 is 24.8 Å². The van der Waals surface area contributed by atoms with Gasteiger partial charge in [-0.15, -0.1) is 0 Å². The molecule has 0 saturated heterocycles. The summed E-state index contributed by atoms with van der Waals surface area (Å²) < 4.78 is 22.4. The maximum Gasteiger partial charge on any atom is 0.143 e. The number of fused-ring (bicyclic) bond motifs is 2. The lowest BCUT2D eigenvalue weighted by Crippen LogP contribution is -2.35. The Bertz CT molecular complexity index is 1100. The first-order valence-corrected chi connectivity index (χ1v) is 10.3. The van der Waals surface area contributed by atoms with E-state index in [0.717, 1.165) is 22.3 Å². The van der Waals surface area contributed by atoms with Gasteiger partial charge in [-0.25, -0.2) is 14.4 Å². The van der Waals surface area contributed by atoms with Crippen LogP contribution in [0.5, 0.6) is 5.75 Å². The number of halogens is 1. The maximum absolute atomic E-state index is 14.4. The fraction of sp³-hybridized carbons (Fsp3) is 0.455. The third kappa shape index (κ3) is 2.98. The number of aliphatic hydroxyl groups is 2. The molecule has 0 bridgehead atoms. The third-order valence-electron chi connectivity index (χ3n) is 6.45. The first kappa shape index (κ1) is 19.4. The molecule has 5 atom stereocenters. The van der Waals surface area contributed by atoms with Gasteiger partial charge in [0.1, 0.15) is 41.9 Å². The van der Waals surface area contributed by atoms with Crippen LogP contribution >= 0.6 is 0 Å². The van der Waals surface area contributed by atoms with Crippen LogP contribution in [0.4, 0.5) is 4.39 Å². The quantitative estimate of drug-likeness (QED) is 0.611. The Labute approximate surface area is 173 Å². The summed E-state index contributed by atoms with van der Waals surface area (Å²) in [6.45, 7) is 5.11. The van der Waals surface area contributed by atoms with E-state index in [4.69, 9.17) is 4.74 Å². The molecule has 0 amide bonds. The third-order valence-corrected chi connectivity index (χ3v) is 6.45. The number of aliphatic hydroxyl groups excluding tert-OH is 2. The molecule has 0 radical (unpaired) electrons. The van der Waals surface area contributed by atoms with Crippen LogP contribution < -0.4 is 10.1 Å². The second kappa shape index (κ2) is 7.30. The largest absolute Gasteiger partial charge is 0.487 e. The van der Waals surface area contributed by atoms with Gasteiger partial charge in [-0.05, 0) is 31.0 Å². The Balaban J connectivity index is 1.45. The number of aromatic nitrogens is 3. The first-order valence-electron chi connectivity index (χ1n) is 10.3. The topological polar surface area (TPSA) is 92.4 Å². The van der Waals surface area contributed by atoms with Gasteiger partial charge in [-0.3, -0.25) is 0 Å². The van der Waals surface area contributed by atoms with E-state index in [1.54, 1.807) is 6.07 Å². The van der Waals surface area contributed by atoms with Crippen molar-refractivity contribution in [2.75, 3.05) is 6.54 Å². The van der Waals surface area contributed by atoms with Crippen molar-refractivity contribution in [2.24, 2.45) is 0 Å². The number of hydrogen-bond acceptors (Lipinski definition) is 6. The molecule has 3 aromatic rings. The van der Waals surface area contributed by atoms with Gasteiger partial charge in [0.2, 0.25) is 0 Å². The van der Waals surface area contributed by atoms with Crippen molar-refractivity contribution >= 4 is 11.0 Å². The second-order valence-electron chi connectivity index (χ2n) is 8.33. The van der Waals surface area contributed by atoms with Crippen molar-refractivity contribution in [1.82, 2.24) is 19.9 Å². The van der Waals surface area contributed by atoms with Gasteiger partial charge in [-0.2, -0.15) is 0 Å². The number of nitrogens with zero attached hydrogens (tertiary/aromatic N) is 3. The number of rotatable bonds is 3. The molecule has 1 saturated carbocycles. The molecular formula is C22H25FN4O3. The highest BCUT2D eigenvalue weighted by Gasteiger charge is 2.44. The zero-order chi connectivity index (χ0) is 21.0. The molecule has 1 fully saturated rings. The molecule has 0 unspecified atom stereocenters. The summed E-state index contributed by atoms with van der Waals surface area (Å²) >= 11 is 0. The zero-order valence-electron chi connectivity index (χ0n) is 16.9. The predicted molar refractivity (Wildman–Crippen MR) is 109 cm³/mol. The lowest BCUT2D eigenvalue weighted by Gasteiger charge is -2.28. The van der Waals surface area contributed by atoms with E-state index in [1.165, 1.54) is 12.4 Å². The fourth-order valence-corrected chi connectivity index (χ4v) is 4.85. The molecule has 1 aliphatic heterocycles. The summed E-state index contributed by atoms with van der Waals surface area (Å²) in [6.07, 6.45) is 1.08. The Morgan fingerprint density at radius 3 is 2.87 bits per heavy atom. The Morgan fingerprint density at radius 2 is 2.03 bits per heavy atom. The van der Waals surface area contributed by atoms with Crippen molar-refractivity contribution in [1.29, 1.82) is 0 Å². The summed E-state index contributed by atoms with van der Waals surface area (Å²) in [5.74, 6) is 0.362. The van der Waals surface area contributed by atoms with Crippen LogP contribution in [-0.2, 0) is 6.54 Å². The number of nitrogens with one attached hydrogen (secondary N) is 1.